The van der Waals surface area contributed by atoms with E-state index in [4.69, 9.17) is 28.9 Å². The lowest BCUT2D eigenvalue weighted by molar-refractivity contribution is 0.444. The minimum atomic E-state index is 0.00441. The zero-order chi connectivity index (χ0) is 10.8. The SMILES string of the molecule is N[C@H](c1ccc(Cl)nc1Cl)C1CCCC1. The van der Waals surface area contributed by atoms with Gasteiger partial charge in [0.2, 0.25) is 0 Å². The standard InChI is InChI=1S/C11H14Cl2N2/c12-9-6-5-8(11(13)15-9)10(14)7-3-1-2-4-7/h5-7,10H,1-4,14H2/t10-/m0/s1. The van der Waals surface area contributed by atoms with E-state index in [1.165, 1.54) is 25.7 Å². The van der Waals surface area contributed by atoms with E-state index < -0.39 is 0 Å². The zero-order valence-corrected chi connectivity index (χ0v) is 9.93. The molecule has 82 valence electrons. The Kier molecular flexibility index (Phi) is 3.49. The largest absolute Gasteiger partial charge is 0.324 e. The van der Waals surface area contributed by atoms with Crippen LogP contribution in [0.2, 0.25) is 10.3 Å². The van der Waals surface area contributed by atoms with Gasteiger partial charge in [-0.25, -0.2) is 4.98 Å². The van der Waals surface area contributed by atoms with E-state index in [-0.39, 0.29) is 6.04 Å². The van der Waals surface area contributed by atoms with Gasteiger partial charge < -0.3 is 5.73 Å². The van der Waals surface area contributed by atoms with Gasteiger partial charge in [-0.1, -0.05) is 42.1 Å². The first-order chi connectivity index (χ1) is 7.18. The van der Waals surface area contributed by atoms with Crippen LogP contribution in [0.15, 0.2) is 12.1 Å². The van der Waals surface area contributed by atoms with Crippen LogP contribution in [0.25, 0.3) is 0 Å². The molecule has 2 rings (SSSR count). The van der Waals surface area contributed by atoms with Crippen molar-refractivity contribution in [1.82, 2.24) is 4.98 Å². The predicted molar refractivity (Wildman–Crippen MR) is 63.1 cm³/mol. The summed E-state index contributed by atoms with van der Waals surface area (Å²) in [5.41, 5.74) is 7.11. The molecule has 1 aliphatic carbocycles. The van der Waals surface area contributed by atoms with Crippen LogP contribution >= 0.6 is 23.2 Å². The maximum Gasteiger partial charge on any atom is 0.135 e. The number of halogens is 2. The second-order valence-electron chi connectivity index (χ2n) is 4.08. The highest BCUT2D eigenvalue weighted by Gasteiger charge is 2.25. The first-order valence-corrected chi connectivity index (χ1v) is 6.01. The lowest BCUT2D eigenvalue weighted by Crippen LogP contribution is -2.19. The molecule has 1 atom stereocenters. The molecular formula is C11H14Cl2N2. The average molecular weight is 245 g/mol. The quantitative estimate of drug-likeness (QED) is 0.809. The van der Waals surface area contributed by atoms with Gasteiger partial charge in [-0.3, -0.25) is 0 Å². The van der Waals surface area contributed by atoms with E-state index in [0.717, 1.165) is 5.56 Å². The van der Waals surface area contributed by atoms with E-state index in [9.17, 15) is 0 Å². The van der Waals surface area contributed by atoms with Crippen LogP contribution < -0.4 is 5.73 Å². The van der Waals surface area contributed by atoms with Gasteiger partial charge in [0.15, 0.2) is 0 Å². The number of nitrogens with zero attached hydrogens (tertiary/aromatic N) is 1. The van der Waals surface area contributed by atoms with Crippen LogP contribution in [0, 0.1) is 5.92 Å². The van der Waals surface area contributed by atoms with Crippen molar-refractivity contribution in [3.8, 4) is 0 Å². The molecule has 0 radical (unpaired) electrons. The molecule has 0 aromatic carbocycles. The van der Waals surface area contributed by atoms with Gasteiger partial charge in [0.1, 0.15) is 10.3 Å². The summed E-state index contributed by atoms with van der Waals surface area (Å²) in [7, 11) is 0. The maximum atomic E-state index is 6.18. The summed E-state index contributed by atoms with van der Waals surface area (Å²) in [6.07, 6.45) is 4.94. The first kappa shape index (κ1) is 11.2. The molecule has 1 fully saturated rings. The summed E-state index contributed by atoms with van der Waals surface area (Å²) in [6, 6.07) is 3.64. The van der Waals surface area contributed by atoms with Gasteiger partial charge in [-0.2, -0.15) is 0 Å². The molecule has 15 heavy (non-hydrogen) atoms. The van der Waals surface area contributed by atoms with Gasteiger partial charge in [-0.15, -0.1) is 0 Å². The van der Waals surface area contributed by atoms with Gasteiger partial charge in [0.25, 0.3) is 0 Å². The minimum absolute atomic E-state index is 0.00441. The van der Waals surface area contributed by atoms with Crippen LogP contribution in [0.4, 0.5) is 0 Å². The minimum Gasteiger partial charge on any atom is -0.324 e. The Labute approximate surface area is 99.8 Å². The smallest absolute Gasteiger partial charge is 0.135 e. The number of nitrogens with two attached hydrogens (primary N) is 1. The van der Waals surface area contributed by atoms with Crippen molar-refractivity contribution in [2.45, 2.75) is 31.7 Å². The predicted octanol–water partition coefficient (Wildman–Crippen LogP) is 3.58. The van der Waals surface area contributed by atoms with Crippen LogP contribution in [-0.4, -0.2) is 4.98 Å². The number of aromatic nitrogens is 1. The lowest BCUT2D eigenvalue weighted by Gasteiger charge is -2.19. The molecule has 1 aliphatic rings. The maximum absolute atomic E-state index is 6.18. The summed E-state index contributed by atoms with van der Waals surface area (Å²) in [4.78, 5) is 4.02. The second-order valence-corrected chi connectivity index (χ2v) is 4.83. The number of rotatable bonds is 2. The lowest BCUT2D eigenvalue weighted by atomic mass is 9.93. The molecule has 0 spiro atoms. The molecule has 1 aromatic rings. The van der Waals surface area contributed by atoms with Gasteiger partial charge in [0, 0.05) is 11.6 Å². The van der Waals surface area contributed by atoms with Gasteiger partial charge in [-0.05, 0) is 24.8 Å². The highest BCUT2D eigenvalue weighted by molar-refractivity contribution is 6.32. The Morgan fingerprint density at radius 1 is 1.27 bits per heavy atom. The molecule has 0 amide bonds. The Morgan fingerprint density at radius 2 is 1.93 bits per heavy atom. The van der Waals surface area contributed by atoms with E-state index in [1.54, 1.807) is 6.07 Å². The summed E-state index contributed by atoms with van der Waals surface area (Å²) in [5.74, 6) is 0.547. The summed E-state index contributed by atoms with van der Waals surface area (Å²) in [6.45, 7) is 0. The van der Waals surface area contributed by atoms with E-state index in [0.29, 0.717) is 16.2 Å². The average Bonchev–Trinajstić information content (AvgIpc) is 2.69. The highest BCUT2D eigenvalue weighted by atomic mass is 35.5. The van der Waals surface area contributed by atoms with Crippen molar-refractivity contribution in [2.75, 3.05) is 0 Å². The van der Waals surface area contributed by atoms with E-state index in [2.05, 4.69) is 4.98 Å². The Balaban J connectivity index is 2.20. The summed E-state index contributed by atoms with van der Waals surface area (Å²) in [5, 5.41) is 0.865. The second kappa shape index (κ2) is 4.69. The normalized spacial score (nSPS) is 19.4. The Bertz CT molecular complexity index is 348. The first-order valence-electron chi connectivity index (χ1n) is 5.26. The summed E-state index contributed by atoms with van der Waals surface area (Å²) >= 11 is 11.8. The molecule has 0 saturated heterocycles. The molecule has 1 heterocycles. The van der Waals surface area contributed by atoms with Gasteiger partial charge >= 0.3 is 0 Å². The molecule has 4 heteroatoms. The van der Waals surface area contributed by atoms with E-state index in [1.807, 2.05) is 6.07 Å². The van der Waals surface area contributed by atoms with Crippen LogP contribution in [-0.2, 0) is 0 Å². The fourth-order valence-electron chi connectivity index (χ4n) is 2.24. The molecular weight excluding hydrogens is 231 g/mol. The van der Waals surface area contributed by atoms with Gasteiger partial charge in [0.05, 0.1) is 0 Å². The third kappa shape index (κ3) is 2.44. The van der Waals surface area contributed by atoms with Crippen molar-refractivity contribution in [3.05, 3.63) is 28.0 Å². The summed E-state index contributed by atoms with van der Waals surface area (Å²) < 4.78 is 0. The third-order valence-corrected chi connectivity index (χ3v) is 3.62. The van der Waals surface area contributed by atoms with Crippen molar-refractivity contribution in [3.63, 3.8) is 0 Å². The van der Waals surface area contributed by atoms with Crippen molar-refractivity contribution < 1.29 is 0 Å². The van der Waals surface area contributed by atoms with E-state index >= 15 is 0 Å². The molecule has 2 nitrogen and oxygen atoms in total. The van der Waals surface area contributed by atoms with Crippen molar-refractivity contribution >= 4 is 23.2 Å². The Hall–Kier alpha value is -0.310. The Morgan fingerprint density at radius 3 is 2.53 bits per heavy atom. The number of hydrogen-bond donors (Lipinski definition) is 1. The van der Waals surface area contributed by atoms with Crippen molar-refractivity contribution in [1.29, 1.82) is 0 Å². The van der Waals surface area contributed by atoms with Crippen LogP contribution in [0.1, 0.15) is 37.3 Å². The monoisotopic (exact) mass is 244 g/mol. The fourth-order valence-corrected chi connectivity index (χ4v) is 2.71. The molecule has 1 aromatic heterocycles. The fraction of sp³-hybridized carbons (Fsp3) is 0.545. The molecule has 0 bridgehead atoms. The zero-order valence-electron chi connectivity index (χ0n) is 8.42. The number of pyridine rings is 1. The highest BCUT2D eigenvalue weighted by Crippen LogP contribution is 2.36. The molecule has 0 unspecified atom stereocenters. The van der Waals surface area contributed by atoms with Crippen LogP contribution in [0.5, 0.6) is 0 Å². The van der Waals surface area contributed by atoms with Crippen molar-refractivity contribution in [2.24, 2.45) is 11.7 Å². The number of hydrogen-bond acceptors (Lipinski definition) is 2. The van der Waals surface area contributed by atoms with Crippen LogP contribution in [0.3, 0.4) is 0 Å². The molecule has 0 aliphatic heterocycles. The third-order valence-electron chi connectivity index (χ3n) is 3.11. The topological polar surface area (TPSA) is 38.9 Å². The molecule has 2 N–H and O–H groups in total. The molecule has 1 saturated carbocycles.